The number of guanidine groups is 1. The molecule has 7 heteroatoms. The first-order valence-electron chi connectivity index (χ1n) is 11.6. The second kappa shape index (κ2) is 13.5. The third kappa shape index (κ3) is 7.62. The third-order valence-corrected chi connectivity index (χ3v) is 5.09. The average Bonchev–Trinajstić information content (AvgIpc) is 2.76. The van der Waals surface area contributed by atoms with Gasteiger partial charge < -0.3 is 24.7 Å². The van der Waals surface area contributed by atoms with Crippen LogP contribution in [0.25, 0.3) is 0 Å². The van der Waals surface area contributed by atoms with Crippen molar-refractivity contribution in [1.29, 1.82) is 0 Å². The number of unbranched alkanes of at least 4 members (excludes halogenated alkanes) is 1. The molecule has 0 spiro atoms. The van der Waals surface area contributed by atoms with E-state index in [0.29, 0.717) is 26.3 Å². The van der Waals surface area contributed by atoms with Crippen molar-refractivity contribution in [3.63, 3.8) is 0 Å². The maximum atomic E-state index is 12.0. The number of benzene rings is 1. The van der Waals surface area contributed by atoms with E-state index in [0.717, 1.165) is 48.1 Å². The summed E-state index contributed by atoms with van der Waals surface area (Å²) in [5.74, 6) is 2.30. The zero-order valence-electron chi connectivity index (χ0n) is 20.1. The molecular formula is C25H38N4O3. The van der Waals surface area contributed by atoms with Gasteiger partial charge >= 0.3 is 0 Å². The summed E-state index contributed by atoms with van der Waals surface area (Å²) in [5.41, 5.74) is 2.15. The Morgan fingerprint density at radius 1 is 1.06 bits per heavy atom. The topological polar surface area (TPSA) is 76.9 Å². The van der Waals surface area contributed by atoms with E-state index in [1.54, 1.807) is 12.1 Å². The number of nitrogens with zero attached hydrogens (tertiary/aromatic N) is 2. The van der Waals surface area contributed by atoms with Crippen LogP contribution in [0.5, 0.6) is 11.5 Å². The van der Waals surface area contributed by atoms with E-state index in [9.17, 15) is 4.79 Å². The van der Waals surface area contributed by atoms with Crippen LogP contribution in [0.1, 0.15) is 57.8 Å². The van der Waals surface area contributed by atoms with Gasteiger partial charge in [-0.2, -0.15) is 0 Å². The molecule has 2 aromatic rings. The van der Waals surface area contributed by atoms with E-state index in [2.05, 4.69) is 30.5 Å². The lowest BCUT2D eigenvalue weighted by Gasteiger charge is -2.20. The van der Waals surface area contributed by atoms with Gasteiger partial charge in [-0.3, -0.25) is 9.79 Å². The standard InChI is InChI=1S/C25H38N4O3/c1-6-26-25(27-16-9-10-17-29-19(4)12-11-13-24(29)30)28-20(5)21-14-15-22(31-7-2)23(18-21)32-8-3/h11-15,18,20H,6-10,16-17H2,1-5H3,(H2,26,27,28). The highest BCUT2D eigenvalue weighted by atomic mass is 16.5. The Labute approximate surface area is 191 Å². The summed E-state index contributed by atoms with van der Waals surface area (Å²) < 4.78 is 13.2. The number of aromatic nitrogens is 1. The Morgan fingerprint density at radius 2 is 1.81 bits per heavy atom. The molecular weight excluding hydrogens is 404 g/mol. The highest BCUT2D eigenvalue weighted by molar-refractivity contribution is 5.80. The predicted molar refractivity (Wildman–Crippen MR) is 131 cm³/mol. The SMILES string of the molecule is CCNC(=NCCCCn1c(C)cccc1=O)NC(C)c1ccc(OCC)c(OCC)c1. The molecule has 0 bridgehead atoms. The van der Waals surface area contributed by atoms with Crippen LogP contribution in [0.2, 0.25) is 0 Å². The minimum absolute atomic E-state index is 0.0493. The fourth-order valence-electron chi connectivity index (χ4n) is 3.43. The molecule has 1 aromatic carbocycles. The minimum Gasteiger partial charge on any atom is -0.490 e. The Morgan fingerprint density at radius 3 is 2.50 bits per heavy atom. The quantitative estimate of drug-likeness (QED) is 0.295. The highest BCUT2D eigenvalue weighted by Gasteiger charge is 2.12. The molecule has 7 nitrogen and oxygen atoms in total. The number of aryl methyl sites for hydroxylation is 1. The molecule has 0 radical (unpaired) electrons. The number of nitrogens with one attached hydrogen (secondary N) is 2. The summed E-state index contributed by atoms with van der Waals surface area (Å²) in [7, 11) is 0. The van der Waals surface area contributed by atoms with E-state index in [1.807, 2.05) is 43.5 Å². The third-order valence-electron chi connectivity index (χ3n) is 5.09. The van der Waals surface area contributed by atoms with Gasteiger partial charge in [0, 0.05) is 31.4 Å². The second-order valence-electron chi connectivity index (χ2n) is 7.56. The van der Waals surface area contributed by atoms with Crippen LogP contribution in [0.4, 0.5) is 0 Å². The molecule has 0 amide bonds. The molecule has 0 saturated heterocycles. The summed E-state index contributed by atoms with van der Waals surface area (Å²) >= 11 is 0. The maximum Gasteiger partial charge on any atom is 0.250 e. The molecule has 1 atom stereocenters. The van der Waals surface area contributed by atoms with E-state index in [1.165, 1.54) is 0 Å². The van der Waals surface area contributed by atoms with Gasteiger partial charge in [-0.05, 0) is 71.2 Å². The molecule has 0 fully saturated rings. The summed E-state index contributed by atoms with van der Waals surface area (Å²) in [4.78, 5) is 16.7. The van der Waals surface area contributed by atoms with E-state index >= 15 is 0 Å². The summed E-state index contributed by atoms with van der Waals surface area (Å²) in [5, 5.41) is 6.78. The van der Waals surface area contributed by atoms with E-state index in [4.69, 9.17) is 14.5 Å². The summed E-state index contributed by atoms with van der Waals surface area (Å²) in [6.45, 7) is 13.4. The van der Waals surface area contributed by atoms with Crippen LogP contribution in [0, 0.1) is 6.92 Å². The van der Waals surface area contributed by atoms with Crippen molar-refractivity contribution >= 4 is 5.96 Å². The molecule has 0 aliphatic heterocycles. The van der Waals surface area contributed by atoms with Gasteiger partial charge in [0.05, 0.1) is 19.3 Å². The molecule has 176 valence electrons. The molecule has 0 aliphatic carbocycles. The van der Waals surface area contributed by atoms with Crippen molar-refractivity contribution in [3.8, 4) is 11.5 Å². The lowest BCUT2D eigenvalue weighted by Crippen LogP contribution is -2.38. The van der Waals surface area contributed by atoms with Crippen molar-refractivity contribution < 1.29 is 9.47 Å². The summed E-state index contributed by atoms with van der Waals surface area (Å²) in [6, 6.07) is 11.5. The second-order valence-corrected chi connectivity index (χ2v) is 7.56. The lowest BCUT2D eigenvalue weighted by atomic mass is 10.1. The van der Waals surface area contributed by atoms with Gasteiger partial charge in [-0.15, -0.1) is 0 Å². The van der Waals surface area contributed by atoms with Gasteiger partial charge in [-0.1, -0.05) is 12.1 Å². The van der Waals surface area contributed by atoms with Gasteiger partial charge in [0.25, 0.3) is 5.56 Å². The van der Waals surface area contributed by atoms with Crippen LogP contribution in [0.15, 0.2) is 46.2 Å². The minimum atomic E-state index is 0.0493. The zero-order valence-corrected chi connectivity index (χ0v) is 20.1. The van der Waals surface area contributed by atoms with Gasteiger partial charge in [0.15, 0.2) is 17.5 Å². The molecule has 0 aliphatic rings. The average molecular weight is 443 g/mol. The molecule has 2 N–H and O–H groups in total. The van der Waals surface area contributed by atoms with E-state index < -0.39 is 0 Å². The number of aliphatic imine (C=N–C) groups is 1. The van der Waals surface area contributed by atoms with Gasteiger partial charge in [0.2, 0.25) is 0 Å². The Kier molecular flexibility index (Phi) is 10.6. The molecule has 32 heavy (non-hydrogen) atoms. The van der Waals surface area contributed by atoms with E-state index in [-0.39, 0.29) is 11.6 Å². The number of pyridine rings is 1. The largest absolute Gasteiger partial charge is 0.490 e. The van der Waals surface area contributed by atoms with Crippen LogP contribution in [-0.2, 0) is 6.54 Å². The Balaban J connectivity index is 1.96. The Hall–Kier alpha value is -2.96. The fourth-order valence-corrected chi connectivity index (χ4v) is 3.43. The maximum absolute atomic E-state index is 12.0. The Bertz CT molecular complexity index is 924. The van der Waals surface area contributed by atoms with Crippen LogP contribution in [0.3, 0.4) is 0 Å². The molecule has 1 aromatic heterocycles. The first-order chi connectivity index (χ1) is 15.5. The predicted octanol–water partition coefficient (Wildman–Crippen LogP) is 4.05. The first-order valence-corrected chi connectivity index (χ1v) is 11.6. The van der Waals surface area contributed by atoms with Crippen molar-refractivity contribution in [2.75, 3.05) is 26.3 Å². The molecule has 1 heterocycles. The molecule has 2 rings (SSSR count). The first kappa shape index (κ1) is 25.3. The summed E-state index contributed by atoms with van der Waals surface area (Å²) in [6.07, 6.45) is 1.81. The molecule has 0 saturated carbocycles. The van der Waals surface area contributed by atoms with Crippen molar-refractivity contribution in [2.45, 2.75) is 60.0 Å². The number of rotatable bonds is 12. The molecule has 1 unspecified atom stereocenters. The number of hydrogen-bond donors (Lipinski definition) is 2. The highest BCUT2D eigenvalue weighted by Crippen LogP contribution is 2.30. The van der Waals surface area contributed by atoms with Crippen molar-refractivity contribution in [2.24, 2.45) is 4.99 Å². The van der Waals surface area contributed by atoms with Gasteiger partial charge in [-0.25, -0.2) is 0 Å². The lowest BCUT2D eigenvalue weighted by molar-refractivity contribution is 0.287. The smallest absolute Gasteiger partial charge is 0.250 e. The fraction of sp³-hybridized carbons (Fsp3) is 0.520. The number of hydrogen-bond acceptors (Lipinski definition) is 4. The normalized spacial score (nSPS) is 12.3. The monoisotopic (exact) mass is 442 g/mol. The number of ether oxygens (including phenoxy) is 2. The van der Waals surface area contributed by atoms with Crippen molar-refractivity contribution in [3.05, 3.63) is 58.0 Å². The van der Waals surface area contributed by atoms with Crippen molar-refractivity contribution in [1.82, 2.24) is 15.2 Å². The van der Waals surface area contributed by atoms with Gasteiger partial charge in [0.1, 0.15) is 0 Å². The van der Waals surface area contributed by atoms with Crippen LogP contribution < -0.4 is 25.7 Å². The zero-order chi connectivity index (χ0) is 23.3. The van der Waals surface area contributed by atoms with Crippen LogP contribution >= 0.6 is 0 Å². The van der Waals surface area contributed by atoms with Crippen LogP contribution in [-0.4, -0.2) is 36.8 Å².